The summed E-state index contributed by atoms with van der Waals surface area (Å²) in [5.41, 5.74) is 5.69. The molecule has 0 aliphatic rings. The highest BCUT2D eigenvalue weighted by Crippen LogP contribution is 2.43. The molecule has 0 aliphatic heterocycles. The van der Waals surface area contributed by atoms with Crippen molar-refractivity contribution in [1.82, 2.24) is 9.97 Å². The fourth-order valence-electron chi connectivity index (χ4n) is 4.53. The minimum absolute atomic E-state index is 0.724. The zero-order valence-electron chi connectivity index (χ0n) is 17.7. The Balaban J connectivity index is 1.73. The van der Waals surface area contributed by atoms with Crippen molar-refractivity contribution in [2.75, 3.05) is 0 Å². The number of rotatable bonds is 3. The maximum atomic E-state index is 4.54. The molecular weight excluding hydrogens is 468 g/mol. The zero-order valence-corrected chi connectivity index (χ0v) is 19.3. The third-order valence-corrected chi connectivity index (χ3v) is 6.87. The second-order valence-electron chi connectivity index (χ2n) is 8.02. The van der Waals surface area contributed by atoms with E-state index in [9.17, 15) is 0 Å². The lowest BCUT2D eigenvalue weighted by atomic mass is 9.89. The molecule has 6 aromatic rings. The molecular formula is C30H19BrN2. The van der Waals surface area contributed by atoms with Crippen LogP contribution in [-0.2, 0) is 0 Å². The Labute approximate surface area is 200 Å². The van der Waals surface area contributed by atoms with Gasteiger partial charge in [-0.25, -0.2) is 9.97 Å². The smallest absolute Gasteiger partial charge is 0.159 e. The summed E-state index contributed by atoms with van der Waals surface area (Å²) in [6, 6.07) is 36.2. The van der Waals surface area contributed by atoms with E-state index in [1.54, 1.807) is 12.4 Å². The first-order chi connectivity index (χ1) is 16.3. The molecule has 0 radical (unpaired) electrons. The first-order valence-electron chi connectivity index (χ1n) is 10.9. The van der Waals surface area contributed by atoms with Gasteiger partial charge in [-0.3, -0.25) is 0 Å². The van der Waals surface area contributed by atoms with Crippen LogP contribution in [0.2, 0.25) is 0 Å². The zero-order chi connectivity index (χ0) is 22.2. The lowest BCUT2D eigenvalue weighted by Gasteiger charge is -2.16. The van der Waals surface area contributed by atoms with Gasteiger partial charge in [0.15, 0.2) is 5.82 Å². The van der Waals surface area contributed by atoms with E-state index in [1.807, 2.05) is 12.1 Å². The summed E-state index contributed by atoms with van der Waals surface area (Å²) in [5, 5.41) is 4.84. The van der Waals surface area contributed by atoms with Gasteiger partial charge in [-0.05, 0) is 84.0 Å². The lowest BCUT2D eigenvalue weighted by molar-refractivity contribution is 1.18. The van der Waals surface area contributed by atoms with Crippen LogP contribution in [0.4, 0.5) is 0 Å². The molecule has 0 N–H and O–H groups in total. The van der Waals surface area contributed by atoms with E-state index in [4.69, 9.17) is 0 Å². The molecule has 0 spiro atoms. The minimum Gasteiger partial charge on any atom is -0.237 e. The van der Waals surface area contributed by atoms with Crippen molar-refractivity contribution < 1.29 is 0 Å². The van der Waals surface area contributed by atoms with Crippen LogP contribution in [0.5, 0.6) is 0 Å². The highest BCUT2D eigenvalue weighted by atomic mass is 79.9. The molecule has 33 heavy (non-hydrogen) atoms. The molecule has 1 heterocycles. The monoisotopic (exact) mass is 486 g/mol. The summed E-state index contributed by atoms with van der Waals surface area (Å²) in [7, 11) is 0. The fraction of sp³-hybridized carbons (Fsp3) is 0. The van der Waals surface area contributed by atoms with E-state index in [2.05, 4.69) is 117 Å². The summed E-state index contributed by atoms with van der Waals surface area (Å²) >= 11 is 3.87. The molecule has 156 valence electrons. The van der Waals surface area contributed by atoms with Crippen LogP contribution >= 0.6 is 15.9 Å². The number of aromatic nitrogens is 2. The summed E-state index contributed by atoms with van der Waals surface area (Å²) < 4.78 is 1.13. The second-order valence-corrected chi connectivity index (χ2v) is 8.81. The van der Waals surface area contributed by atoms with Gasteiger partial charge in [0, 0.05) is 22.4 Å². The highest BCUT2D eigenvalue weighted by molar-refractivity contribution is 9.10. The Hall–Kier alpha value is -3.82. The van der Waals surface area contributed by atoms with Gasteiger partial charge in [-0.2, -0.15) is 0 Å². The van der Waals surface area contributed by atoms with E-state index in [1.165, 1.54) is 32.7 Å². The molecule has 0 bridgehead atoms. The van der Waals surface area contributed by atoms with Crippen LogP contribution < -0.4 is 0 Å². The standard InChI is InChI=1S/C30H19BrN2/c31-29-26-13-6-4-11-24(26)28(25-12-5-7-14-27(25)29)22-17-21(20-9-2-1-3-10-20)18-23(19-22)30-32-15-8-16-33-30/h1-19H. The maximum Gasteiger partial charge on any atom is 0.159 e. The molecule has 0 saturated carbocycles. The molecule has 0 fully saturated rings. The number of halogens is 1. The van der Waals surface area contributed by atoms with Gasteiger partial charge >= 0.3 is 0 Å². The quantitative estimate of drug-likeness (QED) is 0.234. The topological polar surface area (TPSA) is 25.8 Å². The normalized spacial score (nSPS) is 11.2. The number of hydrogen-bond donors (Lipinski definition) is 0. The van der Waals surface area contributed by atoms with Crippen molar-refractivity contribution in [3.8, 4) is 33.6 Å². The number of benzene rings is 5. The number of nitrogens with zero attached hydrogens (tertiary/aromatic N) is 2. The van der Waals surface area contributed by atoms with Gasteiger partial charge in [0.25, 0.3) is 0 Å². The lowest BCUT2D eigenvalue weighted by Crippen LogP contribution is -1.92. The van der Waals surface area contributed by atoms with Crippen molar-refractivity contribution in [1.29, 1.82) is 0 Å². The molecule has 1 aromatic heterocycles. The van der Waals surface area contributed by atoms with Crippen LogP contribution in [-0.4, -0.2) is 9.97 Å². The first-order valence-corrected chi connectivity index (χ1v) is 11.7. The van der Waals surface area contributed by atoms with E-state index in [-0.39, 0.29) is 0 Å². The van der Waals surface area contributed by atoms with Crippen LogP contribution in [0.15, 0.2) is 120 Å². The number of fused-ring (bicyclic) bond motifs is 2. The van der Waals surface area contributed by atoms with Gasteiger partial charge < -0.3 is 0 Å². The second kappa shape index (κ2) is 8.27. The van der Waals surface area contributed by atoms with Crippen molar-refractivity contribution in [2.45, 2.75) is 0 Å². The van der Waals surface area contributed by atoms with Gasteiger partial charge in [-0.15, -0.1) is 0 Å². The van der Waals surface area contributed by atoms with Gasteiger partial charge in [0.2, 0.25) is 0 Å². The molecule has 0 saturated heterocycles. The Kier molecular flexibility index (Phi) is 4.97. The van der Waals surface area contributed by atoms with Crippen LogP contribution in [0.1, 0.15) is 0 Å². The highest BCUT2D eigenvalue weighted by Gasteiger charge is 2.16. The number of hydrogen-bond acceptors (Lipinski definition) is 2. The van der Waals surface area contributed by atoms with Gasteiger partial charge in [0.05, 0.1) is 0 Å². The SMILES string of the molecule is Brc1c2ccccc2c(-c2cc(-c3ccccc3)cc(-c3ncccn3)c2)c2ccccc12. The fourth-order valence-corrected chi connectivity index (χ4v) is 5.22. The average Bonchev–Trinajstić information content (AvgIpc) is 2.90. The van der Waals surface area contributed by atoms with Crippen LogP contribution in [0.3, 0.4) is 0 Å². The summed E-state index contributed by atoms with van der Waals surface area (Å²) in [4.78, 5) is 9.08. The van der Waals surface area contributed by atoms with Gasteiger partial charge in [-0.1, -0.05) is 78.9 Å². The van der Waals surface area contributed by atoms with Crippen LogP contribution in [0.25, 0.3) is 55.2 Å². The molecule has 6 rings (SSSR count). The largest absolute Gasteiger partial charge is 0.237 e. The molecule has 2 nitrogen and oxygen atoms in total. The Morgan fingerprint density at radius 2 is 0.970 bits per heavy atom. The van der Waals surface area contributed by atoms with Gasteiger partial charge in [0.1, 0.15) is 0 Å². The van der Waals surface area contributed by atoms with E-state index in [0.29, 0.717) is 0 Å². The third kappa shape index (κ3) is 3.51. The minimum atomic E-state index is 0.724. The van der Waals surface area contributed by atoms with Crippen molar-refractivity contribution in [2.24, 2.45) is 0 Å². The molecule has 3 heteroatoms. The van der Waals surface area contributed by atoms with Crippen molar-refractivity contribution in [3.05, 3.63) is 120 Å². The average molecular weight is 487 g/mol. The first kappa shape index (κ1) is 19.8. The molecule has 0 amide bonds. The third-order valence-electron chi connectivity index (χ3n) is 6.02. The van der Waals surface area contributed by atoms with Crippen LogP contribution in [0, 0.1) is 0 Å². The van der Waals surface area contributed by atoms with Crippen molar-refractivity contribution in [3.63, 3.8) is 0 Å². The summed E-state index contributed by atoms with van der Waals surface area (Å²) in [5.74, 6) is 0.724. The predicted octanol–water partition coefficient (Wildman–Crippen LogP) is 8.55. The summed E-state index contributed by atoms with van der Waals surface area (Å²) in [6.45, 7) is 0. The van der Waals surface area contributed by atoms with E-state index >= 15 is 0 Å². The molecule has 0 unspecified atom stereocenters. The maximum absolute atomic E-state index is 4.54. The Morgan fingerprint density at radius 1 is 0.455 bits per heavy atom. The molecule has 5 aromatic carbocycles. The molecule has 0 aliphatic carbocycles. The van der Waals surface area contributed by atoms with E-state index in [0.717, 1.165) is 27.0 Å². The molecule has 0 atom stereocenters. The Morgan fingerprint density at radius 3 is 1.61 bits per heavy atom. The van der Waals surface area contributed by atoms with Crippen molar-refractivity contribution >= 4 is 37.5 Å². The predicted molar refractivity (Wildman–Crippen MR) is 141 cm³/mol. The Bertz CT molecular complexity index is 1490. The van der Waals surface area contributed by atoms with E-state index < -0.39 is 0 Å². The summed E-state index contributed by atoms with van der Waals surface area (Å²) in [6.07, 6.45) is 3.59.